The molecule has 1 saturated heterocycles. The van der Waals surface area contributed by atoms with Crippen LogP contribution in [-0.2, 0) is 9.47 Å². The molecule has 0 aromatic carbocycles. The molecule has 1 aliphatic rings. The Hall–Kier alpha value is -0.200. The topological polar surface area (TPSA) is 79.2 Å². The van der Waals surface area contributed by atoms with E-state index in [0.717, 1.165) is 0 Å². The van der Waals surface area contributed by atoms with Crippen molar-refractivity contribution in [2.24, 2.45) is 0 Å². The predicted molar refractivity (Wildman–Crippen MR) is 34.8 cm³/mol. The van der Waals surface area contributed by atoms with Gasteiger partial charge in [0.1, 0.15) is 12.2 Å². The van der Waals surface area contributed by atoms with E-state index in [1.807, 2.05) is 0 Å². The van der Waals surface area contributed by atoms with Crippen LogP contribution in [0.3, 0.4) is 0 Å². The molecule has 5 nitrogen and oxygen atoms in total. The van der Waals surface area contributed by atoms with E-state index in [2.05, 4.69) is 0 Å². The van der Waals surface area contributed by atoms with Gasteiger partial charge in [-0.25, -0.2) is 0 Å². The molecule has 0 unspecified atom stereocenters. The second-order valence-electron chi connectivity index (χ2n) is 2.37. The second-order valence-corrected chi connectivity index (χ2v) is 2.37. The summed E-state index contributed by atoms with van der Waals surface area (Å²) in [5.41, 5.74) is 0. The third kappa shape index (κ3) is 2.11. The molecule has 1 aliphatic heterocycles. The van der Waals surface area contributed by atoms with Crippen LogP contribution in [0, 0.1) is 0 Å². The highest BCUT2D eigenvalue weighted by molar-refractivity contribution is 4.72. The first-order valence-electron chi connectivity index (χ1n) is 3.44. The van der Waals surface area contributed by atoms with Gasteiger partial charge in [0, 0.05) is 0 Å². The Labute approximate surface area is 64.2 Å². The van der Waals surface area contributed by atoms with Crippen molar-refractivity contribution < 1.29 is 24.8 Å². The molecule has 0 bridgehead atoms. The van der Waals surface area contributed by atoms with Gasteiger partial charge in [-0.05, 0) is 0 Å². The van der Waals surface area contributed by atoms with Gasteiger partial charge >= 0.3 is 0 Å². The van der Waals surface area contributed by atoms with Crippen LogP contribution in [0.5, 0.6) is 0 Å². The molecule has 3 atom stereocenters. The van der Waals surface area contributed by atoms with E-state index in [1.165, 1.54) is 0 Å². The summed E-state index contributed by atoms with van der Waals surface area (Å²) in [6, 6.07) is 0. The number of ether oxygens (including phenoxy) is 2. The molecule has 0 spiro atoms. The van der Waals surface area contributed by atoms with Gasteiger partial charge in [0.05, 0.1) is 19.8 Å². The molecular formula is C6H12O5. The van der Waals surface area contributed by atoms with E-state index in [1.54, 1.807) is 0 Å². The Kier molecular flexibility index (Phi) is 3.22. The average molecular weight is 164 g/mol. The Morgan fingerprint density at radius 3 is 2.64 bits per heavy atom. The minimum Gasteiger partial charge on any atom is -0.394 e. The van der Waals surface area contributed by atoms with Crippen LogP contribution in [-0.4, -0.2) is 53.6 Å². The van der Waals surface area contributed by atoms with Crippen LogP contribution < -0.4 is 0 Å². The quantitative estimate of drug-likeness (QED) is 0.453. The molecular weight excluding hydrogens is 152 g/mol. The number of aliphatic hydroxyl groups excluding tert-OH is 3. The van der Waals surface area contributed by atoms with Crippen molar-refractivity contribution in [3.63, 3.8) is 0 Å². The highest BCUT2D eigenvalue weighted by Gasteiger charge is 2.30. The van der Waals surface area contributed by atoms with Crippen LogP contribution in [0.4, 0.5) is 0 Å². The summed E-state index contributed by atoms with van der Waals surface area (Å²) in [6.07, 6.45) is -2.09. The SMILES string of the molecule is OC[C@H]1OC[C@@H]([C@H](O)CO)O1. The summed E-state index contributed by atoms with van der Waals surface area (Å²) in [4.78, 5) is 0. The van der Waals surface area contributed by atoms with Crippen LogP contribution in [0.25, 0.3) is 0 Å². The van der Waals surface area contributed by atoms with Crippen molar-refractivity contribution in [2.75, 3.05) is 19.8 Å². The van der Waals surface area contributed by atoms with Gasteiger partial charge in [-0.2, -0.15) is 0 Å². The highest BCUT2D eigenvalue weighted by atomic mass is 16.7. The summed E-state index contributed by atoms with van der Waals surface area (Å²) < 4.78 is 9.88. The van der Waals surface area contributed by atoms with Crippen LogP contribution in [0.15, 0.2) is 0 Å². The maximum absolute atomic E-state index is 9.03. The van der Waals surface area contributed by atoms with E-state index in [9.17, 15) is 0 Å². The lowest BCUT2D eigenvalue weighted by Gasteiger charge is -2.13. The number of hydrogen-bond acceptors (Lipinski definition) is 5. The molecule has 0 aromatic rings. The summed E-state index contributed by atoms with van der Waals surface area (Å²) in [5.74, 6) is 0. The molecule has 0 aliphatic carbocycles. The van der Waals surface area contributed by atoms with E-state index < -0.39 is 18.5 Å². The Bertz CT molecular complexity index is 118. The van der Waals surface area contributed by atoms with Crippen molar-refractivity contribution in [3.05, 3.63) is 0 Å². The largest absolute Gasteiger partial charge is 0.394 e. The fourth-order valence-electron chi connectivity index (χ4n) is 0.891. The summed E-state index contributed by atoms with van der Waals surface area (Å²) in [5, 5.41) is 26.1. The first-order valence-corrected chi connectivity index (χ1v) is 3.44. The normalized spacial score (nSPS) is 34.1. The van der Waals surface area contributed by atoms with Gasteiger partial charge in [-0.3, -0.25) is 0 Å². The minimum atomic E-state index is -0.924. The van der Waals surface area contributed by atoms with Crippen molar-refractivity contribution in [1.82, 2.24) is 0 Å². The predicted octanol–water partition coefficient (Wildman–Crippen LogP) is -1.93. The molecule has 5 heteroatoms. The van der Waals surface area contributed by atoms with Gasteiger partial charge in [0.15, 0.2) is 6.29 Å². The number of rotatable bonds is 3. The molecule has 0 amide bonds. The summed E-state index contributed by atoms with van der Waals surface area (Å²) in [7, 11) is 0. The van der Waals surface area contributed by atoms with Crippen molar-refractivity contribution in [3.8, 4) is 0 Å². The number of aliphatic hydroxyl groups is 3. The van der Waals surface area contributed by atoms with Crippen molar-refractivity contribution in [1.29, 1.82) is 0 Å². The molecule has 66 valence electrons. The standard InChI is InChI=1S/C6H12O5/c7-1-4(9)5-3-10-6(2-8)11-5/h4-9H,1-3H2/t4-,5+,6+/m1/s1. The van der Waals surface area contributed by atoms with Crippen molar-refractivity contribution in [2.45, 2.75) is 18.5 Å². The van der Waals surface area contributed by atoms with E-state index >= 15 is 0 Å². The van der Waals surface area contributed by atoms with Gasteiger partial charge in [0.25, 0.3) is 0 Å². The lowest BCUT2D eigenvalue weighted by atomic mass is 10.2. The molecule has 1 heterocycles. The van der Waals surface area contributed by atoms with Gasteiger partial charge < -0.3 is 24.8 Å². The number of hydrogen-bond donors (Lipinski definition) is 3. The third-order valence-corrected chi connectivity index (χ3v) is 1.54. The zero-order valence-corrected chi connectivity index (χ0v) is 6.01. The van der Waals surface area contributed by atoms with E-state index in [0.29, 0.717) is 0 Å². The Morgan fingerprint density at radius 2 is 2.18 bits per heavy atom. The van der Waals surface area contributed by atoms with Crippen LogP contribution in [0.2, 0.25) is 0 Å². The molecule has 3 N–H and O–H groups in total. The van der Waals surface area contributed by atoms with Gasteiger partial charge in [0.2, 0.25) is 0 Å². The first-order chi connectivity index (χ1) is 5.27. The Morgan fingerprint density at radius 1 is 1.45 bits per heavy atom. The molecule has 0 saturated carbocycles. The lowest BCUT2D eigenvalue weighted by Crippen LogP contribution is -2.31. The maximum Gasteiger partial charge on any atom is 0.181 e. The molecule has 1 rings (SSSR count). The van der Waals surface area contributed by atoms with Gasteiger partial charge in [-0.1, -0.05) is 0 Å². The Balaban J connectivity index is 2.29. The molecule has 0 aromatic heterocycles. The second kappa shape index (κ2) is 3.99. The summed E-state index contributed by atoms with van der Waals surface area (Å²) >= 11 is 0. The molecule has 1 fully saturated rings. The smallest absolute Gasteiger partial charge is 0.181 e. The van der Waals surface area contributed by atoms with Crippen LogP contribution in [0.1, 0.15) is 0 Å². The zero-order chi connectivity index (χ0) is 8.27. The third-order valence-electron chi connectivity index (χ3n) is 1.54. The van der Waals surface area contributed by atoms with Gasteiger partial charge in [-0.15, -0.1) is 0 Å². The highest BCUT2D eigenvalue weighted by Crippen LogP contribution is 2.13. The molecule has 11 heavy (non-hydrogen) atoms. The van der Waals surface area contributed by atoms with Crippen LogP contribution >= 0.6 is 0 Å². The van der Waals surface area contributed by atoms with E-state index in [4.69, 9.17) is 24.8 Å². The van der Waals surface area contributed by atoms with E-state index in [-0.39, 0.29) is 19.8 Å². The first kappa shape index (κ1) is 8.89. The zero-order valence-electron chi connectivity index (χ0n) is 6.01. The monoisotopic (exact) mass is 164 g/mol. The fraction of sp³-hybridized carbons (Fsp3) is 1.00. The fourth-order valence-corrected chi connectivity index (χ4v) is 0.891. The minimum absolute atomic E-state index is 0.215. The average Bonchev–Trinajstić information content (AvgIpc) is 2.50. The maximum atomic E-state index is 9.03. The molecule has 0 radical (unpaired) electrons. The summed E-state index contributed by atoms with van der Waals surface area (Å²) in [6.45, 7) is -0.367. The van der Waals surface area contributed by atoms with Crippen molar-refractivity contribution >= 4 is 0 Å². The lowest BCUT2D eigenvalue weighted by molar-refractivity contribution is -0.109.